The van der Waals surface area contributed by atoms with Gasteiger partial charge in [0.1, 0.15) is 12.2 Å². The number of allylic oxidation sites excluding steroid dienone is 2. The molecule has 2 heterocycles. The lowest BCUT2D eigenvalue weighted by molar-refractivity contribution is -0.315. The van der Waals surface area contributed by atoms with Gasteiger partial charge in [-0.25, -0.2) is 9.59 Å². The first kappa shape index (κ1) is 42.2. The first-order valence-electron chi connectivity index (χ1n) is 20.9. The van der Waals surface area contributed by atoms with Crippen LogP contribution in [0.25, 0.3) is 0 Å². The minimum absolute atomic E-state index is 0.0303. The van der Waals surface area contributed by atoms with Crippen LogP contribution >= 0.6 is 0 Å². The van der Waals surface area contributed by atoms with E-state index in [2.05, 4.69) is 48.5 Å². The maximum absolute atomic E-state index is 15.0. The molecule has 7 rings (SSSR count). The average molecular weight is 797 g/mol. The molecule has 4 saturated carbocycles. The van der Waals surface area contributed by atoms with Gasteiger partial charge in [-0.15, -0.1) is 0 Å². The van der Waals surface area contributed by atoms with Crippen LogP contribution in [0, 0.1) is 49.7 Å². The zero-order chi connectivity index (χ0) is 42.1. The minimum atomic E-state index is -1.38. The van der Waals surface area contributed by atoms with Crippen LogP contribution in [0.15, 0.2) is 34.9 Å². The number of aliphatic carboxylic acids is 3. The number of aliphatic hydroxyl groups is 1. The topological polar surface area (TPSA) is 186 Å². The van der Waals surface area contributed by atoms with Crippen molar-refractivity contribution in [3.63, 3.8) is 0 Å². The van der Waals surface area contributed by atoms with Crippen LogP contribution in [-0.4, -0.2) is 87.2 Å². The fourth-order valence-corrected chi connectivity index (χ4v) is 13.4. The van der Waals surface area contributed by atoms with Gasteiger partial charge in [-0.05, 0) is 146 Å². The molecule has 7 aliphatic rings. The number of ether oxygens (including phenoxy) is 4. The number of hydrogen-bond acceptors (Lipinski definition) is 9. The van der Waals surface area contributed by atoms with E-state index < -0.39 is 82.7 Å². The third kappa shape index (κ3) is 5.99. The number of fused-ring (bicyclic) bond motifs is 7. The van der Waals surface area contributed by atoms with Gasteiger partial charge in [-0.3, -0.25) is 9.59 Å². The number of carboxylic acid groups (broad SMARTS) is 3. The van der Waals surface area contributed by atoms with Crippen molar-refractivity contribution in [2.75, 3.05) is 0 Å². The van der Waals surface area contributed by atoms with Gasteiger partial charge < -0.3 is 39.4 Å². The quantitative estimate of drug-likeness (QED) is 0.192. The highest BCUT2D eigenvalue weighted by atomic mass is 16.7. The molecule has 5 aliphatic carbocycles. The second-order valence-electron chi connectivity index (χ2n) is 21.0. The van der Waals surface area contributed by atoms with Crippen molar-refractivity contribution >= 4 is 23.7 Å². The third-order valence-corrected chi connectivity index (χ3v) is 18.0. The zero-order valence-corrected chi connectivity index (χ0v) is 35.3. The van der Waals surface area contributed by atoms with Crippen LogP contribution in [0.1, 0.15) is 127 Å². The Morgan fingerprint density at radius 2 is 1.33 bits per heavy atom. The molecular formula is C45H64O12. The van der Waals surface area contributed by atoms with Crippen molar-refractivity contribution in [3.8, 4) is 0 Å². The van der Waals surface area contributed by atoms with Gasteiger partial charge >= 0.3 is 17.9 Å². The number of rotatable bonds is 7. The highest BCUT2D eigenvalue weighted by Crippen LogP contribution is 2.78. The van der Waals surface area contributed by atoms with E-state index in [9.17, 15) is 39.6 Å². The van der Waals surface area contributed by atoms with E-state index >= 15 is 0 Å². The van der Waals surface area contributed by atoms with Gasteiger partial charge in [0.05, 0.1) is 11.5 Å². The van der Waals surface area contributed by atoms with Crippen molar-refractivity contribution in [1.82, 2.24) is 0 Å². The molecule has 12 heteroatoms. The molecule has 0 aromatic rings. The second-order valence-corrected chi connectivity index (χ2v) is 21.0. The van der Waals surface area contributed by atoms with E-state index in [1.54, 1.807) is 19.9 Å². The number of ketones is 1. The summed E-state index contributed by atoms with van der Waals surface area (Å²) in [7, 11) is 0. The SMILES string of the molecule is CC1=C[C@H](OC2OC(C(=O)O)C(C)=C[C@@H]2O)C(O[C@H]2CC[C@]3(C)[C@H]4C(=O)C=C5[C@@H]6C[C@@](C)(C(=O)O)CC[C@]6(C)CC[C@@]5(C)[C@]4(C)CC[C@@]3(C)C2(C)C)OC1C(=O)O. The van der Waals surface area contributed by atoms with Crippen LogP contribution in [0.2, 0.25) is 0 Å². The van der Waals surface area contributed by atoms with Crippen molar-refractivity contribution in [1.29, 1.82) is 0 Å². The van der Waals surface area contributed by atoms with E-state index in [1.807, 2.05) is 13.0 Å². The summed E-state index contributed by atoms with van der Waals surface area (Å²) >= 11 is 0. The fraction of sp³-hybridized carbons (Fsp3) is 0.778. The normalized spacial score (nSPS) is 49.1. The Morgan fingerprint density at radius 3 is 1.95 bits per heavy atom. The van der Waals surface area contributed by atoms with E-state index in [1.165, 1.54) is 11.6 Å². The zero-order valence-electron chi connectivity index (χ0n) is 35.3. The largest absolute Gasteiger partial charge is 0.481 e. The standard InChI is InChI=1S/C45H64O12/c1-23-19-28(47)36(56-31(23)34(48)49)54-29-20-24(2)32(35(50)51)57-37(29)55-30-11-12-44(9)33-27(46)21-25-26-22-41(6,38(52)53)14-13-40(26,5)15-16-42(25,7)43(33,8)17-18-45(44,10)39(30,3)4/h19-21,26,28-33,36-37,47H,11-18,22H2,1-10H3,(H,48,49)(H,50,51)(H,52,53)/t26-,28-,29-,30-,31?,32?,33-,36?,37?,40+,41-,42+,43+,44+,45-/m0/s1. The molecule has 2 aliphatic heterocycles. The Balaban J connectivity index is 1.19. The lowest BCUT2D eigenvalue weighted by Gasteiger charge is -2.74. The molecule has 0 amide bonds. The summed E-state index contributed by atoms with van der Waals surface area (Å²) in [4.78, 5) is 51.8. The number of aliphatic hydroxyl groups excluding tert-OH is 1. The Labute approximate surface area is 336 Å². The van der Waals surface area contributed by atoms with E-state index in [0.717, 1.165) is 32.1 Å². The Kier molecular flexibility index (Phi) is 10.0. The summed E-state index contributed by atoms with van der Waals surface area (Å²) in [5.41, 5.74) is -1.03. The van der Waals surface area contributed by atoms with Crippen molar-refractivity contribution in [3.05, 3.63) is 34.9 Å². The second kappa shape index (κ2) is 13.6. The Hall–Kier alpha value is -2.90. The molecular weight excluding hydrogens is 732 g/mol. The van der Waals surface area contributed by atoms with Crippen molar-refractivity contribution in [2.24, 2.45) is 49.7 Å². The Morgan fingerprint density at radius 1 is 0.737 bits per heavy atom. The van der Waals surface area contributed by atoms with Crippen LogP contribution in [0.5, 0.6) is 0 Å². The number of hydrogen-bond donors (Lipinski definition) is 4. The summed E-state index contributed by atoms with van der Waals surface area (Å²) in [5, 5.41) is 40.9. The van der Waals surface area contributed by atoms with Gasteiger partial charge in [0.25, 0.3) is 0 Å². The molecule has 316 valence electrons. The molecule has 4 N–H and O–H groups in total. The summed E-state index contributed by atoms with van der Waals surface area (Å²) in [6, 6.07) is 0. The van der Waals surface area contributed by atoms with Crippen LogP contribution in [-0.2, 0) is 38.1 Å². The highest BCUT2D eigenvalue weighted by Gasteiger charge is 2.74. The van der Waals surface area contributed by atoms with Crippen LogP contribution in [0.4, 0.5) is 0 Å². The summed E-state index contributed by atoms with van der Waals surface area (Å²) in [6.07, 6.45) is 3.77. The number of carboxylic acids is 3. The van der Waals surface area contributed by atoms with Crippen LogP contribution in [0.3, 0.4) is 0 Å². The molecule has 12 nitrogen and oxygen atoms in total. The van der Waals surface area contributed by atoms with Gasteiger partial charge in [0.15, 0.2) is 30.6 Å². The molecule has 57 heavy (non-hydrogen) atoms. The maximum Gasteiger partial charge on any atom is 0.337 e. The summed E-state index contributed by atoms with van der Waals surface area (Å²) < 4.78 is 24.8. The first-order valence-corrected chi connectivity index (χ1v) is 20.9. The van der Waals surface area contributed by atoms with E-state index in [-0.39, 0.29) is 33.9 Å². The first-order chi connectivity index (χ1) is 26.3. The molecule has 0 aromatic carbocycles. The lowest BCUT2D eigenvalue weighted by atomic mass is 9.30. The van der Waals surface area contributed by atoms with Crippen LogP contribution < -0.4 is 0 Å². The molecule has 4 unspecified atom stereocenters. The van der Waals surface area contributed by atoms with Gasteiger partial charge in [-0.1, -0.05) is 54.0 Å². The molecule has 4 fully saturated rings. The van der Waals surface area contributed by atoms with Gasteiger partial charge in [0.2, 0.25) is 0 Å². The lowest BCUT2D eigenvalue weighted by Crippen LogP contribution is -2.70. The predicted octanol–water partition coefficient (Wildman–Crippen LogP) is 7.08. The minimum Gasteiger partial charge on any atom is -0.481 e. The molecule has 0 aromatic heterocycles. The smallest absolute Gasteiger partial charge is 0.337 e. The maximum atomic E-state index is 15.0. The Bertz CT molecular complexity index is 1830. The van der Waals surface area contributed by atoms with Gasteiger partial charge in [0, 0.05) is 5.92 Å². The van der Waals surface area contributed by atoms with E-state index in [0.29, 0.717) is 36.8 Å². The molecule has 0 saturated heterocycles. The predicted molar refractivity (Wildman–Crippen MR) is 208 cm³/mol. The average Bonchev–Trinajstić information content (AvgIpc) is 3.11. The molecule has 15 atom stereocenters. The van der Waals surface area contributed by atoms with Crippen molar-refractivity contribution in [2.45, 2.75) is 170 Å². The summed E-state index contributed by atoms with van der Waals surface area (Å²) in [6.45, 7) is 20.9. The third-order valence-electron chi connectivity index (χ3n) is 18.0. The van der Waals surface area contributed by atoms with Crippen molar-refractivity contribution < 1.29 is 58.6 Å². The highest BCUT2D eigenvalue weighted by molar-refractivity contribution is 5.96. The molecule has 0 bridgehead atoms. The monoisotopic (exact) mass is 796 g/mol. The molecule has 0 spiro atoms. The fourth-order valence-electron chi connectivity index (χ4n) is 13.4. The number of carbonyl (C=O) groups is 4. The van der Waals surface area contributed by atoms with Gasteiger partial charge in [-0.2, -0.15) is 0 Å². The number of carbonyl (C=O) groups excluding carboxylic acids is 1. The molecule has 0 radical (unpaired) electrons. The van der Waals surface area contributed by atoms with E-state index in [4.69, 9.17) is 18.9 Å². The summed E-state index contributed by atoms with van der Waals surface area (Å²) in [5.74, 6) is -3.28.